The minimum Gasteiger partial charge on any atom is -0.478 e. The maximum atomic E-state index is 11.0. The summed E-state index contributed by atoms with van der Waals surface area (Å²) in [6.45, 7) is 1.86. The van der Waals surface area contributed by atoms with E-state index in [4.69, 9.17) is 9.52 Å². The summed E-state index contributed by atoms with van der Waals surface area (Å²) in [6, 6.07) is 9.62. The van der Waals surface area contributed by atoms with Crippen molar-refractivity contribution in [3.05, 3.63) is 63.5 Å². The maximum Gasteiger partial charge on any atom is 0.335 e. The maximum absolute atomic E-state index is 11.0. The molecule has 6 heteroatoms. The number of nitro groups is 1. The molecule has 2 aromatic rings. The van der Waals surface area contributed by atoms with Crippen molar-refractivity contribution in [3.63, 3.8) is 0 Å². The van der Waals surface area contributed by atoms with Gasteiger partial charge >= 0.3 is 5.97 Å². The Labute approximate surface area is 126 Å². The molecule has 0 amide bonds. The summed E-state index contributed by atoms with van der Waals surface area (Å²) in [4.78, 5) is 21.5. The highest BCUT2D eigenvalue weighted by Crippen LogP contribution is 2.25. The first-order valence-corrected chi connectivity index (χ1v) is 6.79. The fourth-order valence-corrected chi connectivity index (χ4v) is 2.03. The monoisotopic (exact) mass is 301 g/mol. The molecule has 2 rings (SSSR count). The Balaban J connectivity index is 2.32. The second-order valence-corrected chi connectivity index (χ2v) is 4.73. The molecule has 114 valence electrons. The van der Waals surface area contributed by atoms with Crippen LogP contribution in [0, 0.1) is 10.1 Å². The van der Waals surface area contributed by atoms with Gasteiger partial charge < -0.3 is 9.52 Å². The first-order chi connectivity index (χ1) is 10.5. The van der Waals surface area contributed by atoms with Crippen LogP contribution < -0.4 is 0 Å². The number of carbonyl (C=O) groups is 1. The lowest BCUT2D eigenvalue weighted by molar-refractivity contribution is -0.426. The molecular formula is C16H15NO5. The lowest BCUT2D eigenvalue weighted by atomic mass is 10.1. The van der Waals surface area contributed by atoms with Crippen LogP contribution >= 0.6 is 0 Å². The van der Waals surface area contributed by atoms with Gasteiger partial charge in [0, 0.05) is 12.0 Å². The second-order valence-electron chi connectivity index (χ2n) is 4.73. The third kappa shape index (κ3) is 3.60. The molecule has 0 aliphatic rings. The molecule has 22 heavy (non-hydrogen) atoms. The molecule has 1 N–H and O–H groups in total. The van der Waals surface area contributed by atoms with E-state index in [2.05, 4.69) is 0 Å². The van der Waals surface area contributed by atoms with Gasteiger partial charge in [0.2, 0.25) is 5.70 Å². The van der Waals surface area contributed by atoms with Gasteiger partial charge in [-0.15, -0.1) is 0 Å². The van der Waals surface area contributed by atoms with Gasteiger partial charge in [0.15, 0.2) is 0 Å². The van der Waals surface area contributed by atoms with Gasteiger partial charge in [0.1, 0.15) is 11.5 Å². The van der Waals surface area contributed by atoms with Crippen LogP contribution in [0.25, 0.3) is 17.4 Å². The van der Waals surface area contributed by atoms with Crippen molar-refractivity contribution < 1.29 is 19.2 Å². The van der Waals surface area contributed by atoms with E-state index in [0.29, 0.717) is 29.9 Å². The van der Waals surface area contributed by atoms with Crippen LogP contribution in [0.4, 0.5) is 0 Å². The van der Waals surface area contributed by atoms with Gasteiger partial charge in [0.25, 0.3) is 0 Å². The van der Waals surface area contributed by atoms with Crippen LogP contribution in [0.5, 0.6) is 0 Å². The molecule has 0 bridgehead atoms. The van der Waals surface area contributed by atoms with Gasteiger partial charge in [-0.25, -0.2) is 4.79 Å². The van der Waals surface area contributed by atoms with Crippen LogP contribution in [-0.4, -0.2) is 16.0 Å². The van der Waals surface area contributed by atoms with E-state index >= 15 is 0 Å². The molecule has 0 aliphatic heterocycles. The number of benzene rings is 1. The number of hydrogen-bond donors (Lipinski definition) is 1. The summed E-state index contributed by atoms with van der Waals surface area (Å²) in [6.07, 6.45) is 2.42. The third-order valence-electron chi connectivity index (χ3n) is 3.07. The number of hydrogen-bond acceptors (Lipinski definition) is 4. The highest BCUT2D eigenvalue weighted by Gasteiger charge is 2.12. The van der Waals surface area contributed by atoms with E-state index in [1.807, 2.05) is 6.92 Å². The predicted molar refractivity (Wildman–Crippen MR) is 81.0 cm³/mol. The molecule has 0 unspecified atom stereocenters. The Morgan fingerprint density at radius 1 is 1.36 bits per heavy atom. The average molecular weight is 301 g/mol. The fourth-order valence-electron chi connectivity index (χ4n) is 2.03. The average Bonchev–Trinajstić information content (AvgIpc) is 2.95. The highest BCUT2D eigenvalue weighted by atomic mass is 16.6. The zero-order valence-electron chi connectivity index (χ0n) is 12.0. The number of rotatable bonds is 6. The summed E-state index contributed by atoms with van der Waals surface area (Å²) in [5, 5.41) is 19.9. The van der Waals surface area contributed by atoms with Crippen molar-refractivity contribution >= 4 is 12.0 Å². The van der Waals surface area contributed by atoms with E-state index in [1.54, 1.807) is 24.3 Å². The van der Waals surface area contributed by atoms with E-state index in [0.717, 1.165) is 0 Å². The highest BCUT2D eigenvalue weighted by molar-refractivity contribution is 5.89. The molecule has 0 saturated carbocycles. The second kappa shape index (κ2) is 6.71. The number of allylic oxidation sites excluding steroid dienone is 1. The zero-order valence-corrected chi connectivity index (χ0v) is 12.0. The van der Waals surface area contributed by atoms with E-state index in [9.17, 15) is 14.9 Å². The van der Waals surface area contributed by atoms with Crippen molar-refractivity contribution in [2.24, 2.45) is 0 Å². The van der Waals surface area contributed by atoms with Crippen LogP contribution in [0.15, 0.2) is 46.5 Å². The molecule has 1 heterocycles. The van der Waals surface area contributed by atoms with Crippen LogP contribution in [-0.2, 0) is 0 Å². The smallest absolute Gasteiger partial charge is 0.335 e. The van der Waals surface area contributed by atoms with Gasteiger partial charge in [-0.1, -0.05) is 19.1 Å². The Hall–Kier alpha value is -2.89. The Morgan fingerprint density at radius 2 is 2.14 bits per heavy atom. The third-order valence-corrected chi connectivity index (χ3v) is 3.07. The number of carboxylic acid groups (broad SMARTS) is 1. The molecule has 0 spiro atoms. The van der Waals surface area contributed by atoms with Crippen molar-refractivity contribution in [2.45, 2.75) is 19.8 Å². The first-order valence-electron chi connectivity index (χ1n) is 6.79. The topological polar surface area (TPSA) is 93.6 Å². The normalized spacial score (nSPS) is 11.4. The molecule has 0 saturated heterocycles. The molecule has 6 nitrogen and oxygen atoms in total. The SMILES string of the molecule is CCC/C(=C/c1ccc(-c2cccc(C(=O)O)c2)o1)[N+](=O)[O-]. The molecule has 0 atom stereocenters. The molecule has 1 aromatic heterocycles. The molecule has 0 radical (unpaired) electrons. The first kappa shape index (κ1) is 15.5. The Bertz CT molecular complexity index is 730. The Kier molecular flexibility index (Phi) is 4.73. The fraction of sp³-hybridized carbons (Fsp3) is 0.188. The van der Waals surface area contributed by atoms with Crippen molar-refractivity contribution in [1.29, 1.82) is 0 Å². The largest absolute Gasteiger partial charge is 0.478 e. The predicted octanol–water partition coefficient (Wildman–Crippen LogP) is 4.06. The number of nitrogens with zero attached hydrogens (tertiary/aromatic N) is 1. The zero-order chi connectivity index (χ0) is 16.1. The van der Waals surface area contributed by atoms with Gasteiger partial charge in [-0.05, 0) is 30.7 Å². The lowest BCUT2D eigenvalue weighted by Crippen LogP contribution is -1.97. The number of aromatic carboxylic acids is 1. The van der Waals surface area contributed by atoms with E-state index < -0.39 is 10.9 Å². The molecule has 1 aromatic carbocycles. The lowest BCUT2D eigenvalue weighted by Gasteiger charge is -1.99. The van der Waals surface area contributed by atoms with Crippen molar-refractivity contribution in [1.82, 2.24) is 0 Å². The van der Waals surface area contributed by atoms with Gasteiger partial charge in [-0.3, -0.25) is 10.1 Å². The molecule has 0 fully saturated rings. The Morgan fingerprint density at radius 3 is 2.77 bits per heavy atom. The van der Waals surface area contributed by atoms with Crippen LogP contribution in [0.1, 0.15) is 35.9 Å². The number of carboxylic acids is 1. The van der Waals surface area contributed by atoms with Crippen molar-refractivity contribution in [3.8, 4) is 11.3 Å². The summed E-state index contributed by atoms with van der Waals surface area (Å²) >= 11 is 0. The molecule has 0 aliphatic carbocycles. The molecular weight excluding hydrogens is 286 g/mol. The summed E-state index contributed by atoms with van der Waals surface area (Å²) in [7, 11) is 0. The summed E-state index contributed by atoms with van der Waals surface area (Å²) in [5.74, 6) is -0.184. The quantitative estimate of drug-likeness (QED) is 0.641. The minimum absolute atomic E-state index is 0.0858. The van der Waals surface area contributed by atoms with Crippen LogP contribution in [0.2, 0.25) is 0 Å². The van der Waals surface area contributed by atoms with E-state index in [1.165, 1.54) is 18.2 Å². The summed E-state index contributed by atoms with van der Waals surface area (Å²) < 4.78 is 5.56. The van der Waals surface area contributed by atoms with Crippen molar-refractivity contribution in [2.75, 3.05) is 0 Å². The van der Waals surface area contributed by atoms with Gasteiger partial charge in [-0.2, -0.15) is 0 Å². The summed E-state index contributed by atoms with van der Waals surface area (Å²) in [5.41, 5.74) is 0.850. The van der Waals surface area contributed by atoms with Crippen LogP contribution in [0.3, 0.4) is 0 Å². The minimum atomic E-state index is -1.02. The van der Waals surface area contributed by atoms with Gasteiger partial charge in [0.05, 0.1) is 16.6 Å². The number of furan rings is 1. The standard InChI is InChI=1S/C16H15NO5/c1-2-4-13(17(20)21)10-14-7-8-15(22-14)11-5-3-6-12(9-11)16(18)19/h3,5-10H,2,4H2,1H3,(H,18,19)/b13-10-. The van der Waals surface area contributed by atoms with E-state index in [-0.39, 0.29) is 11.3 Å².